The zero-order valence-corrected chi connectivity index (χ0v) is 19.5. The van der Waals surface area contributed by atoms with Crippen LogP contribution in [-0.4, -0.2) is 0 Å². The van der Waals surface area contributed by atoms with Gasteiger partial charge in [-0.1, -0.05) is 81.4 Å². The first-order valence-corrected chi connectivity index (χ1v) is 11.8. The molecule has 2 heteroatoms. The average molecular weight is 441 g/mol. The van der Waals surface area contributed by atoms with Crippen LogP contribution < -0.4 is 0 Å². The maximum absolute atomic E-state index is 14.5. The summed E-state index contributed by atoms with van der Waals surface area (Å²) in [5.41, 5.74) is 4.27. The first-order chi connectivity index (χ1) is 16.1. The molecular weight excluding hydrogens is 410 g/mol. The van der Waals surface area contributed by atoms with Gasteiger partial charge in [0.25, 0.3) is 0 Å². The van der Waals surface area contributed by atoms with E-state index < -0.39 is 5.82 Å². The summed E-state index contributed by atoms with van der Waals surface area (Å²) in [6.45, 7) is 4.13. The van der Waals surface area contributed by atoms with Crippen LogP contribution in [0.2, 0.25) is 0 Å². The lowest BCUT2D eigenvalue weighted by atomic mass is 10.0. The van der Waals surface area contributed by atoms with E-state index in [0.717, 1.165) is 12.0 Å². The van der Waals surface area contributed by atoms with Crippen molar-refractivity contribution in [1.82, 2.24) is 0 Å². The minimum absolute atomic E-state index is 0.263. The fourth-order valence-electron chi connectivity index (χ4n) is 3.58. The predicted molar refractivity (Wildman–Crippen MR) is 133 cm³/mol. The Labute approximate surface area is 197 Å². The van der Waals surface area contributed by atoms with Crippen molar-refractivity contribution in [1.29, 1.82) is 0 Å². The third-order valence-electron chi connectivity index (χ3n) is 5.62. The lowest BCUT2D eigenvalue weighted by molar-refractivity contribution is 0.612. The van der Waals surface area contributed by atoms with Gasteiger partial charge in [0.05, 0.1) is 5.56 Å². The van der Waals surface area contributed by atoms with Crippen LogP contribution in [0.15, 0.2) is 60.7 Å². The Hall–Kier alpha value is -3.36. The van der Waals surface area contributed by atoms with Gasteiger partial charge in [0.1, 0.15) is 11.6 Å². The normalized spacial score (nSPS) is 10.2. The quantitative estimate of drug-likeness (QED) is 0.259. The number of rotatable bonds is 7. The molecule has 0 bridgehead atoms. The first kappa shape index (κ1) is 24.3. The highest BCUT2D eigenvalue weighted by molar-refractivity contribution is 5.49. The molecule has 3 aromatic rings. The molecule has 0 unspecified atom stereocenters. The molecule has 0 saturated carbocycles. The molecule has 0 aliphatic heterocycles. The Balaban J connectivity index is 1.62. The molecule has 0 aliphatic carbocycles. The molecular formula is C31H30F2. The zero-order valence-electron chi connectivity index (χ0n) is 19.5. The summed E-state index contributed by atoms with van der Waals surface area (Å²) in [6, 6.07) is 17.9. The van der Waals surface area contributed by atoms with E-state index in [9.17, 15) is 8.78 Å². The van der Waals surface area contributed by atoms with Gasteiger partial charge >= 0.3 is 0 Å². The van der Waals surface area contributed by atoms with E-state index in [1.807, 2.05) is 19.1 Å². The molecule has 3 aromatic carbocycles. The van der Waals surface area contributed by atoms with Crippen molar-refractivity contribution >= 4 is 0 Å². The Bertz CT molecular complexity index is 1180. The van der Waals surface area contributed by atoms with Crippen LogP contribution in [0.5, 0.6) is 0 Å². The van der Waals surface area contributed by atoms with Crippen molar-refractivity contribution in [2.24, 2.45) is 0 Å². The Kier molecular flexibility index (Phi) is 9.29. The van der Waals surface area contributed by atoms with E-state index in [0.29, 0.717) is 28.7 Å². The van der Waals surface area contributed by atoms with Crippen molar-refractivity contribution in [2.75, 3.05) is 0 Å². The molecule has 0 saturated heterocycles. The average Bonchev–Trinajstić information content (AvgIpc) is 2.83. The topological polar surface area (TPSA) is 0 Å². The molecule has 0 heterocycles. The number of halogens is 2. The zero-order chi connectivity index (χ0) is 23.5. The third kappa shape index (κ3) is 7.62. The fourth-order valence-corrected chi connectivity index (χ4v) is 3.58. The van der Waals surface area contributed by atoms with Gasteiger partial charge in [0.2, 0.25) is 0 Å². The van der Waals surface area contributed by atoms with Crippen LogP contribution in [0.1, 0.15) is 79.3 Å². The first-order valence-electron chi connectivity index (χ1n) is 11.8. The van der Waals surface area contributed by atoms with Crippen molar-refractivity contribution in [3.8, 4) is 23.7 Å². The Morgan fingerprint density at radius 3 is 1.85 bits per heavy atom. The molecule has 0 spiro atoms. The van der Waals surface area contributed by atoms with E-state index >= 15 is 0 Å². The molecule has 33 heavy (non-hydrogen) atoms. The molecule has 0 nitrogen and oxygen atoms in total. The molecule has 0 N–H and O–H groups in total. The van der Waals surface area contributed by atoms with Crippen LogP contribution in [0, 0.1) is 35.3 Å². The number of benzene rings is 3. The molecule has 0 atom stereocenters. The monoisotopic (exact) mass is 440 g/mol. The summed E-state index contributed by atoms with van der Waals surface area (Å²) in [5, 5.41) is 0. The summed E-state index contributed by atoms with van der Waals surface area (Å²) in [6.07, 6.45) is 8.09. The second kappa shape index (κ2) is 12.6. The second-order valence-electron chi connectivity index (χ2n) is 8.22. The summed E-state index contributed by atoms with van der Waals surface area (Å²) in [5.74, 6) is 11.1. The SMILES string of the molecule is CCCCCCCc1ccc(C#Cc2ccc(C#Cc3ccc(CC)c(F)c3)cc2F)cc1. The highest BCUT2D eigenvalue weighted by Gasteiger charge is 2.02. The van der Waals surface area contributed by atoms with E-state index in [-0.39, 0.29) is 5.82 Å². The van der Waals surface area contributed by atoms with Gasteiger partial charge in [-0.05, 0) is 72.9 Å². The minimum Gasteiger partial charge on any atom is -0.207 e. The van der Waals surface area contributed by atoms with Crippen LogP contribution in [0.4, 0.5) is 8.78 Å². The molecule has 0 aromatic heterocycles. The summed E-state index contributed by atoms with van der Waals surface area (Å²) < 4.78 is 28.4. The van der Waals surface area contributed by atoms with Crippen LogP contribution in [0.3, 0.4) is 0 Å². The number of aryl methyl sites for hydroxylation is 2. The number of hydrogen-bond donors (Lipinski definition) is 0. The van der Waals surface area contributed by atoms with Crippen molar-refractivity contribution in [3.63, 3.8) is 0 Å². The van der Waals surface area contributed by atoms with E-state index in [1.165, 1.54) is 49.8 Å². The highest BCUT2D eigenvalue weighted by Crippen LogP contribution is 2.13. The summed E-state index contributed by atoms with van der Waals surface area (Å²) >= 11 is 0. The lowest BCUT2D eigenvalue weighted by Crippen LogP contribution is -1.89. The number of hydrogen-bond acceptors (Lipinski definition) is 0. The molecule has 0 aliphatic rings. The van der Waals surface area contributed by atoms with Gasteiger partial charge < -0.3 is 0 Å². The lowest BCUT2D eigenvalue weighted by Gasteiger charge is -2.02. The second-order valence-corrected chi connectivity index (χ2v) is 8.22. The Morgan fingerprint density at radius 2 is 1.21 bits per heavy atom. The van der Waals surface area contributed by atoms with E-state index in [2.05, 4.69) is 42.7 Å². The van der Waals surface area contributed by atoms with Gasteiger partial charge in [0.15, 0.2) is 0 Å². The Morgan fingerprint density at radius 1 is 0.606 bits per heavy atom. The highest BCUT2D eigenvalue weighted by atomic mass is 19.1. The van der Waals surface area contributed by atoms with Gasteiger partial charge in [0, 0.05) is 16.7 Å². The predicted octanol–water partition coefficient (Wildman–Crippen LogP) is 7.84. The molecule has 0 amide bonds. The van der Waals surface area contributed by atoms with Crippen molar-refractivity contribution < 1.29 is 8.78 Å². The molecule has 0 radical (unpaired) electrons. The van der Waals surface area contributed by atoms with Crippen LogP contribution in [-0.2, 0) is 12.8 Å². The molecule has 0 fully saturated rings. The maximum atomic E-state index is 14.5. The standard InChI is InChI=1S/C31H30F2/c1-3-5-6-7-8-9-24-10-12-25(13-11-24)16-20-29-21-18-27(23-31(29)33)15-14-26-17-19-28(4-2)30(32)22-26/h10-13,17-19,21-23H,3-9H2,1-2H3. The van der Waals surface area contributed by atoms with E-state index in [4.69, 9.17) is 0 Å². The minimum atomic E-state index is -0.412. The summed E-state index contributed by atoms with van der Waals surface area (Å²) in [4.78, 5) is 0. The maximum Gasteiger partial charge on any atom is 0.140 e. The van der Waals surface area contributed by atoms with Gasteiger partial charge in [-0.25, -0.2) is 8.78 Å². The van der Waals surface area contributed by atoms with Crippen LogP contribution >= 0.6 is 0 Å². The van der Waals surface area contributed by atoms with Gasteiger partial charge in [-0.15, -0.1) is 0 Å². The van der Waals surface area contributed by atoms with Crippen LogP contribution in [0.25, 0.3) is 0 Å². The summed E-state index contributed by atoms with van der Waals surface area (Å²) in [7, 11) is 0. The van der Waals surface area contributed by atoms with Gasteiger partial charge in [-0.2, -0.15) is 0 Å². The van der Waals surface area contributed by atoms with Crippen molar-refractivity contribution in [3.05, 3.63) is 106 Å². The van der Waals surface area contributed by atoms with E-state index in [1.54, 1.807) is 24.3 Å². The molecule has 3 rings (SSSR count). The smallest absolute Gasteiger partial charge is 0.140 e. The third-order valence-corrected chi connectivity index (χ3v) is 5.62. The van der Waals surface area contributed by atoms with Crippen molar-refractivity contribution in [2.45, 2.75) is 58.8 Å². The van der Waals surface area contributed by atoms with Gasteiger partial charge in [-0.3, -0.25) is 0 Å². The molecule has 168 valence electrons. The fraction of sp³-hybridized carbons (Fsp3) is 0.290. The number of unbranched alkanes of at least 4 members (excludes halogenated alkanes) is 4. The largest absolute Gasteiger partial charge is 0.207 e.